The fourth-order valence-corrected chi connectivity index (χ4v) is 1.15. The first kappa shape index (κ1) is 12.6. The van der Waals surface area contributed by atoms with E-state index in [1.165, 1.54) is 4.68 Å². The fourth-order valence-electron chi connectivity index (χ4n) is 1.15. The number of hydrogen-bond donors (Lipinski definition) is 2. The minimum absolute atomic E-state index is 0.101. The second-order valence-corrected chi connectivity index (χ2v) is 3.89. The summed E-state index contributed by atoms with van der Waals surface area (Å²) in [5, 5.41) is 19.6. The van der Waals surface area contributed by atoms with Gasteiger partial charge in [-0.25, -0.2) is 4.68 Å². The third kappa shape index (κ3) is 3.62. The van der Waals surface area contributed by atoms with Gasteiger partial charge in [0.05, 0.1) is 12.3 Å². The molecule has 1 amide bonds. The molecule has 0 fully saturated rings. The summed E-state index contributed by atoms with van der Waals surface area (Å²) in [6.45, 7) is 5.68. The van der Waals surface area contributed by atoms with Crippen LogP contribution < -0.4 is 5.32 Å². The lowest BCUT2D eigenvalue weighted by Crippen LogP contribution is -2.34. The second kappa shape index (κ2) is 5.60. The lowest BCUT2D eigenvalue weighted by atomic mass is 10.2. The lowest BCUT2D eigenvalue weighted by molar-refractivity contribution is -0.122. The minimum atomic E-state index is -0.661. The van der Waals surface area contributed by atoms with Crippen LogP contribution in [0.4, 0.5) is 0 Å². The van der Waals surface area contributed by atoms with Gasteiger partial charge < -0.3 is 10.4 Å². The van der Waals surface area contributed by atoms with E-state index in [2.05, 4.69) is 15.6 Å². The summed E-state index contributed by atoms with van der Waals surface area (Å²) in [6, 6.07) is 0.159. The molecule has 16 heavy (non-hydrogen) atoms. The number of aromatic nitrogens is 3. The smallest absolute Gasteiger partial charge is 0.242 e. The fraction of sp³-hybridized carbons (Fsp3) is 0.700. The summed E-state index contributed by atoms with van der Waals surface area (Å²) in [4.78, 5) is 11.5. The lowest BCUT2D eigenvalue weighted by Gasteiger charge is -2.10. The van der Waals surface area contributed by atoms with Gasteiger partial charge in [-0.05, 0) is 20.3 Å². The van der Waals surface area contributed by atoms with Crippen molar-refractivity contribution in [1.82, 2.24) is 20.3 Å². The van der Waals surface area contributed by atoms with Crippen LogP contribution >= 0.6 is 0 Å². The van der Waals surface area contributed by atoms with Gasteiger partial charge in [0.2, 0.25) is 5.91 Å². The van der Waals surface area contributed by atoms with Crippen molar-refractivity contribution in [2.24, 2.45) is 0 Å². The third-order valence-electron chi connectivity index (χ3n) is 2.31. The Balaban J connectivity index is 2.50. The van der Waals surface area contributed by atoms with Crippen LogP contribution in [0.25, 0.3) is 0 Å². The highest BCUT2D eigenvalue weighted by Gasteiger charge is 2.10. The number of carbonyl (C=O) groups is 1. The maximum Gasteiger partial charge on any atom is 0.242 e. The molecule has 0 aromatic carbocycles. The van der Waals surface area contributed by atoms with Crippen LogP contribution in [0.1, 0.15) is 39.0 Å². The highest BCUT2D eigenvalue weighted by atomic mass is 16.3. The summed E-state index contributed by atoms with van der Waals surface area (Å²) in [5.74, 6) is -0.101. The van der Waals surface area contributed by atoms with Crippen molar-refractivity contribution in [3.63, 3.8) is 0 Å². The zero-order valence-corrected chi connectivity index (χ0v) is 9.84. The number of aliphatic hydroxyl groups is 1. The largest absolute Gasteiger partial charge is 0.387 e. The number of hydrogen-bond acceptors (Lipinski definition) is 4. The Morgan fingerprint density at radius 3 is 2.81 bits per heavy atom. The van der Waals surface area contributed by atoms with Gasteiger partial charge in [-0.2, -0.15) is 0 Å². The van der Waals surface area contributed by atoms with E-state index < -0.39 is 6.10 Å². The van der Waals surface area contributed by atoms with Crippen LogP contribution in [-0.4, -0.2) is 32.0 Å². The van der Waals surface area contributed by atoms with Gasteiger partial charge in [0.15, 0.2) is 0 Å². The summed E-state index contributed by atoms with van der Waals surface area (Å²) >= 11 is 0. The number of amides is 1. The second-order valence-electron chi connectivity index (χ2n) is 3.89. The summed E-state index contributed by atoms with van der Waals surface area (Å²) in [7, 11) is 0. The standard InChI is InChI=1S/C10H18N4O2/c1-4-7(2)11-10(16)6-14-5-9(8(3)15)12-13-14/h5,7-8,15H,4,6H2,1-3H3,(H,11,16). The first-order valence-electron chi connectivity index (χ1n) is 5.40. The normalized spacial score (nSPS) is 14.5. The van der Waals surface area contributed by atoms with Gasteiger partial charge >= 0.3 is 0 Å². The van der Waals surface area contributed by atoms with Crippen molar-refractivity contribution in [3.05, 3.63) is 11.9 Å². The van der Waals surface area contributed by atoms with E-state index in [1.54, 1.807) is 13.1 Å². The highest BCUT2D eigenvalue weighted by Crippen LogP contribution is 2.05. The van der Waals surface area contributed by atoms with Gasteiger partial charge in [0, 0.05) is 6.04 Å². The quantitative estimate of drug-likeness (QED) is 0.754. The van der Waals surface area contributed by atoms with Gasteiger partial charge in [-0.1, -0.05) is 12.1 Å². The molecule has 0 aliphatic carbocycles. The minimum Gasteiger partial charge on any atom is -0.387 e. The highest BCUT2D eigenvalue weighted by molar-refractivity contribution is 5.75. The van der Waals surface area contributed by atoms with E-state index in [0.29, 0.717) is 5.69 Å². The van der Waals surface area contributed by atoms with E-state index in [4.69, 9.17) is 0 Å². The third-order valence-corrected chi connectivity index (χ3v) is 2.31. The van der Waals surface area contributed by atoms with Gasteiger partial charge in [-0.3, -0.25) is 4.79 Å². The van der Waals surface area contributed by atoms with E-state index >= 15 is 0 Å². The number of nitrogens with one attached hydrogen (secondary N) is 1. The molecule has 0 aliphatic rings. The van der Waals surface area contributed by atoms with Crippen molar-refractivity contribution < 1.29 is 9.90 Å². The number of nitrogens with zero attached hydrogens (tertiary/aromatic N) is 3. The van der Waals surface area contributed by atoms with E-state index in [-0.39, 0.29) is 18.5 Å². The molecule has 0 aliphatic heterocycles. The van der Waals surface area contributed by atoms with E-state index in [9.17, 15) is 9.90 Å². The van der Waals surface area contributed by atoms with Crippen LogP contribution in [0.5, 0.6) is 0 Å². The Morgan fingerprint density at radius 1 is 1.62 bits per heavy atom. The molecular formula is C10H18N4O2. The monoisotopic (exact) mass is 226 g/mol. The molecule has 1 aromatic heterocycles. The molecule has 1 aromatic rings. The van der Waals surface area contributed by atoms with Crippen molar-refractivity contribution in [2.45, 2.75) is 45.9 Å². The topological polar surface area (TPSA) is 80.0 Å². The van der Waals surface area contributed by atoms with Crippen LogP contribution in [0.3, 0.4) is 0 Å². The first-order valence-corrected chi connectivity index (χ1v) is 5.40. The zero-order chi connectivity index (χ0) is 12.1. The van der Waals surface area contributed by atoms with Crippen LogP contribution in [0.15, 0.2) is 6.20 Å². The maximum atomic E-state index is 11.5. The zero-order valence-electron chi connectivity index (χ0n) is 9.84. The SMILES string of the molecule is CCC(C)NC(=O)Cn1cc(C(C)O)nn1. The molecule has 2 atom stereocenters. The Bertz CT molecular complexity index is 348. The molecule has 1 rings (SSSR count). The molecule has 6 nitrogen and oxygen atoms in total. The maximum absolute atomic E-state index is 11.5. The Hall–Kier alpha value is -1.43. The molecule has 2 unspecified atom stereocenters. The number of carbonyl (C=O) groups excluding carboxylic acids is 1. The van der Waals surface area contributed by atoms with Crippen LogP contribution in [-0.2, 0) is 11.3 Å². The summed E-state index contributed by atoms with van der Waals surface area (Å²) in [6.07, 6.45) is 1.80. The molecule has 0 radical (unpaired) electrons. The molecule has 90 valence electrons. The van der Waals surface area contributed by atoms with E-state index in [0.717, 1.165) is 6.42 Å². The van der Waals surface area contributed by atoms with Gasteiger partial charge in [0.1, 0.15) is 12.2 Å². The van der Waals surface area contributed by atoms with Crippen molar-refractivity contribution in [1.29, 1.82) is 0 Å². The van der Waals surface area contributed by atoms with Crippen molar-refractivity contribution in [3.8, 4) is 0 Å². The predicted molar refractivity (Wildman–Crippen MR) is 58.6 cm³/mol. The summed E-state index contributed by atoms with van der Waals surface area (Å²) in [5.41, 5.74) is 0.469. The van der Waals surface area contributed by atoms with Crippen molar-refractivity contribution in [2.75, 3.05) is 0 Å². The molecule has 0 bridgehead atoms. The Morgan fingerprint density at radius 2 is 2.31 bits per heavy atom. The van der Waals surface area contributed by atoms with Crippen LogP contribution in [0, 0.1) is 0 Å². The predicted octanol–water partition coefficient (Wildman–Crippen LogP) is 0.246. The Kier molecular flexibility index (Phi) is 4.42. The van der Waals surface area contributed by atoms with E-state index in [1.807, 2.05) is 13.8 Å². The average Bonchev–Trinajstić information content (AvgIpc) is 2.65. The molecular weight excluding hydrogens is 208 g/mol. The molecule has 6 heteroatoms. The van der Waals surface area contributed by atoms with Crippen molar-refractivity contribution >= 4 is 5.91 Å². The molecule has 0 spiro atoms. The van der Waals surface area contributed by atoms with Crippen LogP contribution in [0.2, 0.25) is 0 Å². The first-order chi connectivity index (χ1) is 7.52. The molecule has 1 heterocycles. The number of rotatable bonds is 5. The van der Waals surface area contributed by atoms with Gasteiger partial charge in [0.25, 0.3) is 0 Å². The number of aliphatic hydroxyl groups excluding tert-OH is 1. The molecule has 0 saturated heterocycles. The average molecular weight is 226 g/mol. The summed E-state index contributed by atoms with van der Waals surface area (Å²) < 4.78 is 1.42. The Labute approximate surface area is 94.7 Å². The molecule has 0 saturated carbocycles. The van der Waals surface area contributed by atoms with Gasteiger partial charge in [-0.15, -0.1) is 5.10 Å². The molecule has 2 N–H and O–H groups in total.